The lowest BCUT2D eigenvalue weighted by Crippen LogP contribution is -2.40. The Morgan fingerprint density at radius 2 is 2.38 bits per heavy atom. The molecule has 90 valence electrons. The third kappa shape index (κ3) is 3.22. The number of hydrogen-bond donors (Lipinski definition) is 2. The molecule has 5 heteroatoms. The Bertz CT molecular complexity index is 288. The summed E-state index contributed by atoms with van der Waals surface area (Å²) in [5.74, 6) is 0. The van der Waals surface area contributed by atoms with Gasteiger partial charge in [-0.15, -0.1) is 0 Å². The van der Waals surface area contributed by atoms with Crippen LogP contribution in [0.1, 0.15) is 39.0 Å². The van der Waals surface area contributed by atoms with Crippen LogP contribution in [-0.2, 0) is 0 Å². The minimum absolute atomic E-state index is 0.642. The molecule has 16 heavy (non-hydrogen) atoms. The standard InChI is InChI=1S/C11H20N4S/c1-2-7-12-9-5-3-4-6-10(9)16-11-13-8-14-15-11/h8-10,12H,2-7H2,1H3,(H,13,14,15). The second-order valence-electron chi connectivity index (χ2n) is 4.29. The summed E-state index contributed by atoms with van der Waals surface area (Å²) in [7, 11) is 0. The van der Waals surface area contributed by atoms with Gasteiger partial charge in [0.05, 0.1) is 0 Å². The van der Waals surface area contributed by atoms with E-state index in [1.165, 1.54) is 32.1 Å². The molecule has 4 nitrogen and oxygen atoms in total. The topological polar surface area (TPSA) is 53.6 Å². The maximum Gasteiger partial charge on any atom is 0.183 e. The fourth-order valence-corrected chi connectivity index (χ4v) is 3.38. The molecule has 0 spiro atoms. The van der Waals surface area contributed by atoms with Gasteiger partial charge in [0.2, 0.25) is 0 Å². The molecular formula is C11H20N4S. The normalized spacial score (nSPS) is 25.8. The van der Waals surface area contributed by atoms with Gasteiger partial charge in [-0.05, 0) is 25.8 Å². The summed E-state index contributed by atoms with van der Waals surface area (Å²) in [5.41, 5.74) is 0. The van der Waals surface area contributed by atoms with Crippen molar-refractivity contribution < 1.29 is 0 Å². The predicted molar refractivity (Wildman–Crippen MR) is 66.6 cm³/mol. The molecule has 1 aromatic rings. The van der Waals surface area contributed by atoms with Crippen LogP contribution in [0.15, 0.2) is 11.5 Å². The lowest BCUT2D eigenvalue weighted by molar-refractivity contribution is 0.384. The maximum atomic E-state index is 4.19. The molecule has 1 aromatic heterocycles. The predicted octanol–water partition coefficient (Wildman–Crippen LogP) is 2.21. The van der Waals surface area contributed by atoms with Crippen LogP contribution in [0.2, 0.25) is 0 Å². The quantitative estimate of drug-likeness (QED) is 0.828. The van der Waals surface area contributed by atoms with Crippen molar-refractivity contribution >= 4 is 11.8 Å². The van der Waals surface area contributed by atoms with Gasteiger partial charge in [-0.3, -0.25) is 5.10 Å². The van der Waals surface area contributed by atoms with Gasteiger partial charge in [0.1, 0.15) is 6.33 Å². The van der Waals surface area contributed by atoms with Crippen molar-refractivity contribution in [2.24, 2.45) is 0 Å². The van der Waals surface area contributed by atoms with Crippen LogP contribution in [0.25, 0.3) is 0 Å². The molecule has 2 N–H and O–H groups in total. The summed E-state index contributed by atoms with van der Waals surface area (Å²) in [5, 5.41) is 12.1. The zero-order valence-electron chi connectivity index (χ0n) is 9.78. The van der Waals surface area contributed by atoms with Crippen molar-refractivity contribution in [3.63, 3.8) is 0 Å². The largest absolute Gasteiger partial charge is 0.313 e. The summed E-state index contributed by atoms with van der Waals surface area (Å²) >= 11 is 1.84. The van der Waals surface area contributed by atoms with Gasteiger partial charge in [-0.2, -0.15) is 5.10 Å². The third-order valence-corrected chi connectivity index (χ3v) is 4.30. The van der Waals surface area contributed by atoms with E-state index in [1.54, 1.807) is 6.33 Å². The van der Waals surface area contributed by atoms with Gasteiger partial charge in [-0.25, -0.2) is 4.98 Å². The van der Waals surface area contributed by atoms with Crippen LogP contribution >= 0.6 is 11.8 Å². The van der Waals surface area contributed by atoms with E-state index in [0.29, 0.717) is 11.3 Å². The molecule has 1 heterocycles. The van der Waals surface area contributed by atoms with Crippen molar-refractivity contribution in [1.29, 1.82) is 0 Å². The van der Waals surface area contributed by atoms with E-state index in [4.69, 9.17) is 0 Å². The van der Waals surface area contributed by atoms with E-state index < -0.39 is 0 Å². The molecule has 0 aromatic carbocycles. The highest BCUT2D eigenvalue weighted by molar-refractivity contribution is 7.99. The molecular weight excluding hydrogens is 220 g/mol. The highest BCUT2D eigenvalue weighted by Crippen LogP contribution is 2.31. The van der Waals surface area contributed by atoms with Crippen LogP contribution in [0, 0.1) is 0 Å². The van der Waals surface area contributed by atoms with Gasteiger partial charge in [-0.1, -0.05) is 31.5 Å². The monoisotopic (exact) mass is 240 g/mol. The van der Waals surface area contributed by atoms with Crippen molar-refractivity contribution in [2.75, 3.05) is 6.54 Å². The molecule has 1 aliphatic rings. The van der Waals surface area contributed by atoms with Crippen LogP contribution in [0.4, 0.5) is 0 Å². The fraction of sp³-hybridized carbons (Fsp3) is 0.818. The number of H-pyrrole nitrogens is 1. The smallest absolute Gasteiger partial charge is 0.183 e. The Labute approximate surface area is 101 Å². The van der Waals surface area contributed by atoms with E-state index in [0.717, 1.165) is 11.7 Å². The maximum absolute atomic E-state index is 4.19. The minimum Gasteiger partial charge on any atom is -0.313 e. The highest BCUT2D eigenvalue weighted by Gasteiger charge is 2.26. The van der Waals surface area contributed by atoms with Crippen LogP contribution in [-0.4, -0.2) is 33.0 Å². The van der Waals surface area contributed by atoms with Gasteiger partial charge in [0, 0.05) is 11.3 Å². The van der Waals surface area contributed by atoms with Crippen molar-refractivity contribution in [3.05, 3.63) is 6.33 Å². The Morgan fingerprint density at radius 1 is 1.50 bits per heavy atom. The lowest BCUT2D eigenvalue weighted by Gasteiger charge is -2.31. The van der Waals surface area contributed by atoms with Crippen molar-refractivity contribution in [3.8, 4) is 0 Å². The number of aromatic nitrogens is 3. The molecule has 1 fully saturated rings. The number of aromatic amines is 1. The van der Waals surface area contributed by atoms with Crippen LogP contribution in [0.5, 0.6) is 0 Å². The zero-order valence-corrected chi connectivity index (χ0v) is 10.6. The molecule has 1 aliphatic carbocycles. The van der Waals surface area contributed by atoms with E-state index in [2.05, 4.69) is 27.4 Å². The molecule has 0 radical (unpaired) electrons. The summed E-state index contributed by atoms with van der Waals surface area (Å²) in [6.07, 6.45) is 8.07. The van der Waals surface area contributed by atoms with Crippen LogP contribution in [0.3, 0.4) is 0 Å². The first-order valence-corrected chi connectivity index (χ1v) is 7.03. The van der Waals surface area contributed by atoms with E-state index in [1.807, 2.05) is 11.8 Å². The highest BCUT2D eigenvalue weighted by atomic mass is 32.2. The first kappa shape index (κ1) is 11.9. The Morgan fingerprint density at radius 3 is 3.12 bits per heavy atom. The molecule has 2 unspecified atom stereocenters. The second kappa shape index (κ2) is 6.25. The molecule has 2 rings (SSSR count). The Kier molecular flexibility index (Phi) is 4.66. The molecule has 0 aliphatic heterocycles. The minimum atomic E-state index is 0.642. The average Bonchev–Trinajstić information content (AvgIpc) is 2.81. The molecule has 0 bridgehead atoms. The molecule has 1 saturated carbocycles. The molecule has 2 atom stereocenters. The number of hydrogen-bond acceptors (Lipinski definition) is 4. The first-order valence-electron chi connectivity index (χ1n) is 6.15. The van der Waals surface area contributed by atoms with Gasteiger partial charge < -0.3 is 5.32 Å². The first-order chi connectivity index (χ1) is 7.90. The van der Waals surface area contributed by atoms with Crippen LogP contribution < -0.4 is 5.32 Å². The summed E-state index contributed by atoms with van der Waals surface area (Å²) in [6, 6.07) is 0.642. The van der Waals surface area contributed by atoms with Crippen molar-refractivity contribution in [1.82, 2.24) is 20.5 Å². The number of thioether (sulfide) groups is 1. The Hall–Kier alpha value is -0.550. The summed E-state index contributed by atoms with van der Waals surface area (Å²) in [6.45, 7) is 3.34. The molecule has 0 saturated heterocycles. The summed E-state index contributed by atoms with van der Waals surface area (Å²) in [4.78, 5) is 4.19. The summed E-state index contributed by atoms with van der Waals surface area (Å²) < 4.78 is 0. The Balaban J connectivity index is 1.88. The van der Waals surface area contributed by atoms with E-state index in [-0.39, 0.29) is 0 Å². The van der Waals surface area contributed by atoms with Gasteiger partial charge >= 0.3 is 0 Å². The lowest BCUT2D eigenvalue weighted by atomic mass is 9.95. The third-order valence-electron chi connectivity index (χ3n) is 3.02. The second-order valence-corrected chi connectivity index (χ2v) is 5.52. The molecule has 0 amide bonds. The average molecular weight is 240 g/mol. The number of nitrogens with zero attached hydrogens (tertiary/aromatic N) is 2. The zero-order chi connectivity index (χ0) is 11.2. The SMILES string of the molecule is CCCNC1CCCCC1Sc1ncn[nH]1. The van der Waals surface area contributed by atoms with E-state index >= 15 is 0 Å². The number of rotatable bonds is 5. The van der Waals surface area contributed by atoms with Crippen molar-refractivity contribution in [2.45, 2.75) is 55.5 Å². The van der Waals surface area contributed by atoms with Gasteiger partial charge in [0.15, 0.2) is 5.16 Å². The van der Waals surface area contributed by atoms with Gasteiger partial charge in [0.25, 0.3) is 0 Å². The fourth-order valence-electron chi connectivity index (χ4n) is 2.20. The number of nitrogens with one attached hydrogen (secondary N) is 2. The van der Waals surface area contributed by atoms with E-state index in [9.17, 15) is 0 Å².